The summed E-state index contributed by atoms with van der Waals surface area (Å²) in [6.07, 6.45) is 6.50. The fourth-order valence-electron chi connectivity index (χ4n) is 6.00. The number of aromatic amines is 1. The zero-order valence-electron chi connectivity index (χ0n) is 20.5. The number of hydrogen-bond donors (Lipinski definition) is 1. The van der Waals surface area contributed by atoms with E-state index in [4.69, 9.17) is 19.4 Å². The summed E-state index contributed by atoms with van der Waals surface area (Å²) in [5.74, 6) is 2.70. The van der Waals surface area contributed by atoms with Gasteiger partial charge in [-0.05, 0) is 50.4 Å². The number of nitrogens with zero attached hydrogens (tertiary/aromatic N) is 5. The van der Waals surface area contributed by atoms with Gasteiger partial charge in [-0.2, -0.15) is 5.10 Å². The van der Waals surface area contributed by atoms with Crippen LogP contribution in [-0.2, 0) is 6.42 Å². The molecule has 184 valence electrons. The van der Waals surface area contributed by atoms with Crippen molar-refractivity contribution in [2.24, 2.45) is 0 Å². The van der Waals surface area contributed by atoms with E-state index in [-0.39, 0.29) is 0 Å². The molecule has 1 aromatic carbocycles. The van der Waals surface area contributed by atoms with Crippen molar-refractivity contribution >= 4 is 16.9 Å². The number of methoxy groups -OCH3 is 1. The average Bonchev–Trinajstić information content (AvgIpc) is 3.58. The number of pyridine rings is 2. The van der Waals surface area contributed by atoms with Gasteiger partial charge in [-0.3, -0.25) is 10.00 Å². The molecule has 1 atom stereocenters. The van der Waals surface area contributed by atoms with Crippen LogP contribution in [0.3, 0.4) is 0 Å². The number of aromatic nitrogens is 4. The molecule has 0 saturated carbocycles. The predicted octanol–water partition coefficient (Wildman–Crippen LogP) is 4.30. The van der Waals surface area contributed by atoms with Crippen LogP contribution in [0.25, 0.3) is 33.5 Å². The van der Waals surface area contributed by atoms with Crippen LogP contribution in [0.2, 0.25) is 0 Å². The predicted molar refractivity (Wildman–Crippen MR) is 140 cm³/mol. The molecular formula is C28H30N6O2. The van der Waals surface area contributed by atoms with Crippen LogP contribution >= 0.6 is 0 Å². The summed E-state index contributed by atoms with van der Waals surface area (Å²) < 4.78 is 11.7. The van der Waals surface area contributed by atoms with Crippen molar-refractivity contribution in [2.75, 3.05) is 44.8 Å². The summed E-state index contributed by atoms with van der Waals surface area (Å²) in [7, 11) is 1.68. The first-order chi connectivity index (χ1) is 17.8. The minimum Gasteiger partial charge on any atom is -0.494 e. The van der Waals surface area contributed by atoms with Crippen molar-refractivity contribution in [1.82, 2.24) is 25.1 Å². The Morgan fingerprint density at radius 3 is 2.94 bits per heavy atom. The van der Waals surface area contributed by atoms with Crippen LogP contribution in [0.4, 0.5) is 5.82 Å². The molecule has 0 radical (unpaired) electrons. The lowest BCUT2D eigenvalue weighted by Crippen LogP contribution is -2.50. The molecule has 6 heterocycles. The Labute approximate surface area is 210 Å². The molecule has 3 aliphatic heterocycles. The van der Waals surface area contributed by atoms with Crippen molar-refractivity contribution in [3.63, 3.8) is 0 Å². The molecule has 3 aromatic heterocycles. The van der Waals surface area contributed by atoms with Gasteiger partial charge in [-0.25, -0.2) is 9.97 Å². The normalized spacial score (nSPS) is 19.7. The Morgan fingerprint density at radius 1 is 1.08 bits per heavy atom. The topological polar surface area (TPSA) is 79.4 Å². The molecule has 7 rings (SSSR count). The molecule has 2 saturated heterocycles. The molecule has 1 N–H and O–H groups in total. The molecule has 2 fully saturated rings. The SMILES string of the molecule is COc1cc2[nH]nc(-c3ccc(N4CCN5CCCC5C4)nc3)c2nc1-c1cccc2c1CCCO2. The lowest BCUT2D eigenvalue weighted by atomic mass is 9.96. The molecule has 1 unspecified atom stereocenters. The Kier molecular flexibility index (Phi) is 5.27. The lowest BCUT2D eigenvalue weighted by molar-refractivity contribution is 0.230. The average molecular weight is 483 g/mol. The van der Waals surface area contributed by atoms with Crippen LogP contribution in [-0.4, -0.2) is 71.0 Å². The minimum atomic E-state index is 0.669. The summed E-state index contributed by atoms with van der Waals surface area (Å²) in [4.78, 5) is 15.0. The largest absolute Gasteiger partial charge is 0.494 e. The summed E-state index contributed by atoms with van der Waals surface area (Å²) in [5.41, 5.74) is 6.46. The first-order valence-electron chi connectivity index (χ1n) is 12.9. The van der Waals surface area contributed by atoms with Crippen LogP contribution in [0.1, 0.15) is 24.8 Å². The molecule has 8 nitrogen and oxygen atoms in total. The van der Waals surface area contributed by atoms with E-state index in [2.05, 4.69) is 38.2 Å². The van der Waals surface area contributed by atoms with Crippen LogP contribution in [0.15, 0.2) is 42.6 Å². The standard InChI is InChI=1S/C28H30N6O2/c1-35-24-15-22-28(30-27(24)21-6-2-8-23-20(21)7-4-14-36-23)26(32-31-22)18-9-10-25(29-16-18)34-13-12-33-11-3-5-19(33)17-34/h2,6,8-10,15-16,19H,3-5,7,11-14,17H2,1H3,(H,31,32). The number of benzene rings is 1. The zero-order chi connectivity index (χ0) is 24.1. The number of H-pyrrole nitrogens is 1. The molecule has 0 amide bonds. The van der Waals surface area contributed by atoms with Gasteiger partial charge in [0.2, 0.25) is 0 Å². The minimum absolute atomic E-state index is 0.669. The second kappa shape index (κ2) is 8.78. The fourth-order valence-corrected chi connectivity index (χ4v) is 6.00. The summed E-state index contributed by atoms with van der Waals surface area (Å²) in [6.45, 7) is 5.22. The molecule has 3 aliphatic rings. The van der Waals surface area contributed by atoms with Crippen LogP contribution in [0, 0.1) is 0 Å². The van der Waals surface area contributed by atoms with Gasteiger partial charge in [0, 0.05) is 54.6 Å². The van der Waals surface area contributed by atoms with E-state index in [1.807, 2.05) is 24.4 Å². The molecule has 0 spiro atoms. The third-order valence-corrected chi connectivity index (χ3v) is 7.87. The highest BCUT2D eigenvalue weighted by atomic mass is 16.5. The molecule has 36 heavy (non-hydrogen) atoms. The number of ether oxygens (including phenoxy) is 2. The Balaban J connectivity index is 1.25. The van der Waals surface area contributed by atoms with E-state index >= 15 is 0 Å². The second-order valence-corrected chi connectivity index (χ2v) is 9.93. The number of piperazine rings is 1. The maximum atomic E-state index is 5.91. The molecular weight excluding hydrogens is 452 g/mol. The Morgan fingerprint density at radius 2 is 2.06 bits per heavy atom. The summed E-state index contributed by atoms with van der Waals surface area (Å²) in [6, 6.07) is 13.0. The third-order valence-electron chi connectivity index (χ3n) is 7.87. The van der Waals surface area contributed by atoms with Gasteiger partial charge in [-0.15, -0.1) is 0 Å². The van der Waals surface area contributed by atoms with Crippen molar-refractivity contribution < 1.29 is 9.47 Å². The van der Waals surface area contributed by atoms with Gasteiger partial charge in [0.15, 0.2) is 0 Å². The number of anilines is 1. The van der Waals surface area contributed by atoms with E-state index < -0.39 is 0 Å². The highest BCUT2D eigenvalue weighted by molar-refractivity contribution is 5.93. The maximum Gasteiger partial charge on any atom is 0.147 e. The summed E-state index contributed by atoms with van der Waals surface area (Å²) >= 11 is 0. The summed E-state index contributed by atoms with van der Waals surface area (Å²) in [5, 5.41) is 7.77. The molecule has 0 aliphatic carbocycles. The van der Waals surface area contributed by atoms with E-state index in [1.165, 1.54) is 24.9 Å². The Bertz CT molecular complexity index is 1420. The molecule has 8 heteroatoms. The smallest absolute Gasteiger partial charge is 0.147 e. The number of hydrogen-bond acceptors (Lipinski definition) is 7. The van der Waals surface area contributed by atoms with Gasteiger partial charge in [-0.1, -0.05) is 12.1 Å². The van der Waals surface area contributed by atoms with E-state index in [1.54, 1.807) is 7.11 Å². The van der Waals surface area contributed by atoms with Gasteiger partial charge in [0.25, 0.3) is 0 Å². The van der Waals surface area contributed by atoms with E-state index in [0.29, 0.717) is 6.04 Å². The highest BCUT2D eigenvalue weighted by Crippen LogP contribution is 2.39. The van der Waals surface area contributed by atoms with Crippen molar-refractivity contribution in [3.05, 3.63) is 48.2 Å². The molecule has 4 aromatic rings. The first-order valence-corrected chi connectivity index (χ1v) is 12.9. The van der Waals surface area contributed by atoms with Crippen LogP contribution in [0.5, 0.6) is 11.5 Å². The van der Waals surface area contributed by atoms with Gasteiger partial charge >= 0.3 is 0 Å². The maximum absolute atomic E-state index is 5.91. The van der Waals surface area contributed by atoms with Gasteiger partial charge in [0.05, 0.1) is 19.2 Å². The van der Waals surface area contributed by atoms with E-state index in [9.17, 15) is 0 Å². The zero-order valence-corrected chi connectivity index (χ0v) is 20.5. The number of fused-ring (bicyclic) bond motifs is 3. The third kappa shape index (κ3) is 3.59. The monoisotopic (exact) mass is 482 g/mol. The molecule has 0 bridgehead atoms. The quantitative estimate of drug-likeness (QED) is 0.464. The van der Waals surface area contributed by atoms with Crippen molar-refractivity contribution in [2.45, 2.75) is 31.7 Å². The fraction of sp³-hybridized carbons (Fsp3) is 0.393. The van der Waals surface area contributed by atoms with Gasteiger partial charge in [0.1, 0.15) is 34.2 Å². The van der Waals surface area contributed by atoms with Crippen molar-refractivity contribution in [3.8, 4) is 34.0 Å². The lowest BCUT2D eigenvalue weighted by Gasteiger charge is -2.38. The Hall–Kier alpha value is -3.65. The van der Waals surface area contributed by atoms with Crippen LogP contribution < -0.4 is 14.4 Å². The van der Waals surface area contributed by atoms with Crippen molar-refractivity contribution in [1.29, 1.82) is 0 Å². The second-order valence-electron chi connectivity index (χ2n) is 9.93. The number of nitrogens with one attached hydrogen (secondary N) is 1. The van der Waals surface area contributed by atoms with Gasteiger partial charge < -0.3 is 14.4 Å². The number of rotatable bonds is 4. The van der Waals surface area contributed by atoms with E-state index in [0.717, 1.165) is 89.9 Å². The first kappa shape index (κ1) is 21.6. The highest BCUT2D eigenvalue weighted by Gasteiger charge is 2.31.